The fraction of sp³-hybridized carbons (Fsp3) is 0.154. The highest BCUT2D eigenvalue weighted by atomic mass is 32.1. The van der Waals surface area contributed by atoms with Crippen LogP contribution in [0.2, 0.25) is 0 Å². The normalized spacial score (nSPS) is 10.7. The second kappa shape index (κ2) is 4.70. The zero-order chi connectivity index (χ0) is 12.4. The monoisotopic (exact) mass is 256 g/mol. The minimum absolute atomic E-state index is 0.830. The summed E-state index contributed by atoms with van der Waals surface area (Å²) in [6.07, 6.45) is 3.71. The van der Waals surface area contributed by atoms with E-state index in [0.717, 1.165) is 34.4 Å². The Kier molecular flexibility index (Phi) is 2.90. The van der Waals surface area contributed by atoms with Crippen LogP contribution in [0.4, 0.5) is 5.82 Å². The Bertz CT molecular complexity index is 672. The van der Waals surface area contributed by atoms with Crippen LogP contribution in [0, 0.1) is 0 Å². The van der Waals surface area contributed by atoms with Gasteiger partial charge in [-0.1, -0.05) is 24.3 Å². The first-order valence-corrected chi connectivity index (χ1v) is 6.52. The highest BCUT2D eigenvalue weighted by molar-refractivity contribution is 6.99. The maximum absolute atomic E-state index is 4.38. The molecule has 3 rings (SSSR count). The maximum atomic E-state index is 4.38. The van der Waals surface area contributed by atoms with Gasteiger partial charge in [0.25, 0.3) is 0 Å². The first-order valence-electron chi connectivity index (χ1n) is 5.79. The van der Waals surface area contributed by atoms with Crippen LogP contribution in [0.25, 0.3) is 22.0 Å². The minimum atomic E-state index is 0.830. The molecule has 0 atom stereocenters. The van der Waals surface area contributed by atoms with Gasteiger partial charge in [-0.3, -0.25) is 4.98 Å². The predicted molar refractivity (Wildman–Crippen MR) is 74.8 cm³/mol. The summed E-state index contributed by atoms with van der Waals surface area (Å²) in [6.45, 7) is 2.88. The third kappa shape index (κ3) is 1.82. The first-order chi connectivity index (χ1) is 8.90. The standard InChI is InChI=1S/C13H12N4S/c1-2-15-13-12(16-18-17-13)11-8-14-7-9-5-3-4-6-10(9)11/h3-8H,2H2,1H3,(H,15,17). The Morgan fingerprint density at radius 3 is 2.94 bits per heavy atom. The number of nitrogens with zero attached hydrogens (tertiary/aromatic N) is 3. The molecule has 4 nitrogen and oxygen atoms in total. The number of rotatable bonds is 3. The molecule has 0 saturated heterocycles. The fourth-order valence-corrected chi connectivity index (χ4v) is 2.49. The lowest BCUT2D eigenvalue weighted by molar-refractivity contribution is 1.19. The summed E-state index contributed by atoms with van der Waals surface area (Å²) in [4.78, 5) is 4.28. The molecule has 90 valence electrons. The van der Waals surface area contributed by atoms with Crippen molar-refractivity contribution in [3.63, 3.8) is 0 Å². The number of anilines is 1. The molecule has 0 amide bonds. The summed E-state index contributed by atoms with van der Waals surface area (Å²) >= 11 is 1.22. The Morgan fingerprint density at radius 1 is 1.17 bits per heavy atom. The molecular formula is C13H12N4S. The lowest BCUT2D eigenvalue weighted by Gasteiger charge is -2.05. The van der Waals surface area contributed by atoms with Gasteiger partial charge in [0.2, 0.25) is 0 Å². The average molecular weight is 256 g/mol. The van der Waals surface area contributed by atoms with Gasteiger partial charge in [-0.2, -0.15) is 8.75 Å². The van der Waals surface area contributed by atoms with Gasteiger partial charge in [0, 0.05) is 29.9 Å². The van der Waals surface area contributed by atoms with E-state index in [1.165, 1.54) is 11.7 Å². The van der Waals surface area contributed by atoms with E-state index >= 15 is 0 Å². The molecule has 0 unspecified atom stereocenters. The van der Waals surface area contributed by atoms with Crippen LogP contribution in [0.15, 0.2) is 36.7 Å². The van der Waals surface area contributed by atoms with Gasteiger partial charge in [0.15, 0.2) is 5.82 Å². The predicted octanol–water partition coefficient (Wildman–Crippen LogP) is 3.19. The van der Waals surface area contributed by atoms with Crippen molar-refractivity contribution in [2.75, 3.05) is 11.9 Å². The van der Waals surface area contributed by atoms with E-state index in [0.29, 0.717) is 0 Å². The van der Waals surface area contributed by atoms with Gasteiger partial charge < -0.3 is 5.32 Å². The molecule has 0 bridgehead atoms. The van der Waals surface area contributed by atoms with Crippen molar-refractivity contribution in [1.29, 1.82) is 0 Å². The van der Waals surface area contributed by atoms with E-state index in [9.17, 15) is 0 Å². The summed E-state index contributed by atoms with van der Waals surface area (Å²) in [5.74, 6) is 0.834. The van der Waals surface area contributed by atoms with Crippen LogP contribution >= 0.6 is 11.7 Å². The lowest BCUT2D eigenvalue weighted by atomic mass is 10.1. The summed E-state index contributed by atoms with van der Waals surface area (Å²) in [5, 5.41) is 5.50. The quantitative estimate of drug-likeness (QED) is 0.782. The summed E-state index contributed by atoms with van der Waals surface area (Å²) in [7, 11) is 0. The average Bonchev–Trinajstić information content (AvgIpc) is 2.87. The van der Waals surface area contributed by atoms with E-state index in [1.807, 2.05) is 31.5 Å². The first kappa shape index (κ1) is 11.1. The van der Waals surface area contributed by atoms with Gasteiger partial charge in [0.1, 0.15) is 5.69 Å². The number of hydrogen-bond donors (Lipinski definition) is 1. The van der Waals surface area contributed by atoms with E-state index in [1.54, 1.807) is 0 Å². The second-order valence-corrected chi connectivity index (χ2v) is 4.43. The van der Waals surface area contributed by atoms with Crippen molar-refractivity contribution in [3.05, 3.63) is 36.7 Å². The number of nitrogens with one attached hydrogen (secondary N) is 1. The van der Waals surface area contributed by atoms with Gasteiger partial charge in [-0.05, 0) is 12.3 Å². The van der Waals surface area contributed by atoms with Crippen LogP contribution in [0.1, 0.15) is 6.92 Å². The molecule has 18 heavy (non-hydrogen) atoms. The lowest BCUT2D eigenvalue weighted by Crippen LogP contribution is -1.98. The second-order valence-electron chi connectivity index (χ2n) is 3.90. The van der Waals surface area contributed by atoms with Gasteiger partial charge in [-0.15, -0.1) is 0 Å². The Labute approximate surface area is 109 Å². The molecular weight excluding hydrogens is 244 g/mol. The molecule has 0 aliphatic heterocycles. The Hall–Kier alpha value is -2.01. The summed E-state index contributed by atoms with van der Waals surface area (Å²) in [6, 6.07) is 8.18. The van der Waals surface area contributed by atoms with Crippen LogP contribution in [0.3, 0.4) is 0 Å². The van der Waals surface area contributed by atoms with Crippen LogP contribution in [-0.4, -0.2) is 20.3 Å². The maximum Gasteiger partial charge on any atom is 0.168 e. The highest BCUT2D eigenvalue weighted by Gasteiger charge is 2.12. The Morgan fingerprint density at radius 2 is 2.06 bits per heavy atom. The van der Waals surface area contributed by atoms with E-state index in [-0.39, 0.29) is 0 Å². The van der Waals surface area contributed by atoms with Crippen LogP contribution in [-0.2, 0) is 0 Å². The zero-order valence-corrected chi connectivity index (χ0v) is 10.7. The van der Waals surface area contributed by atoms with Crippen molar-refractivity contribution in [2.24, 2.45) is 0 Å². The zero-order valence-electron chi connectivity index (χ0n) is 9.92. The molecule has 0 aliphatic carbocycles. The van der Waals surface area contributed by atoms with E-state index in [2.05, 4.69) is 31.2 Å². The van der Waals surface area contributed by atoms with Crippen LogP contribution in [0.5, 0.6) is 0 Å². The van der Waals surface area contributed by atoms with Gasteiger partial charge in [0.05, 0.1) is 11.7 Å². The number of benzene rings is 1. The molecule has 2 aromatic heterocycles. The minimum Gasteiger partial charge on any atom is -0.368 e. The third-order valence-corrected chi connectivity index (χ3v) is 3.28. The van der Waals surface area contributed by atoms with E-state index < -0.39 is 0 Å². The smallest absolute Gasteiger partial charge is 0.168 e. The van der Waals surface area contributed by atoms with Crippen molar-refractivity contribution in [3.8, 4) is 11.3 Å². The third-order valence-electron chi connectivity index (χ3n) is 2.76. The molecule has 0 radical (unpaired) electrons. The van der Waals surface area contributed by atoms with Crippen molar-refractivity contribution >= 4 is 28.3 Å². The SMILES string of the molecule is CCNc1nsnc1-c1cncc2ccccc12. The van der Waals surface area contributed by atoms with Crippen molar-refractivity contribution < 1.29 is 0 Å². The summed E-state index contributed by atoms with van der Waals surface area (Å²) < 4.78 is 8.66. The van der Waals surface area contributed by atoms with Gasteiger partial charge in [-0.25, -0.2) is 0 Å². The molecule has 1 N–H and O–H groups in total. The number of fused-ring (bicyclic) bond motifs is 1. The van der Waals surface area contributed by atoms with Crippen molar-refractivity contribution in [2.45, 2.75) is 6.92 Å². The molecule has 0 fully saturated rings. The fourth-order valence-electron chi connectivity index (χ4n) is 1.95. The van der Waals surface area contributed by atoms with Gasteiger partial charge >= 0.3 is 0 Å². The largest absolute Gasteiger partial charge is 0.368 e. The van der Waals surface area contributed by atoms with Crippen LogP contribution < -0.4 is 5.32 Å². The number of pyridine rings is 1. The number of aromatic nitrogens is 3. The molecule has 0 saturated carbocycles. The topological polar surface area (TPSA) is 50.7 Å². The molecule has 0 spiro atoms. The highest BCUT2D eigenvalue weighted by Crippen LogP contribution is 2.31. The molecule has 5 heteroatoms. The Balaban J connectivity index is 2.22. The van der Waals surface area contributed by atoms with E-state index in [4.69, 9.17) is 0 Å². The summed E-state index contributed by atoms with van der Waals surface area (Å²) in [5.41, 5.74) is 1.91. The molecule has 1 aromatic carbocycles. The molecule has 3 aromatic rings. The van der Waals surface area contributed by atoms with Crippen molar-refractivity contribution in [1.82, 2.24) is 13.7 Å². The molecule has 0 aliphatic rings. The number of hydrogen-bond acceptors (Lipinski definition) is 5. The molecule has 2 heterocycles.